The van der Waals surface area contributed by atoms with Crippen molar-refractivity contribution in [1.82, 2.24) is 9.97 Å². The monoisotopic (exact) mass is 270 g/mol. The van der Waals surface area contributed by atoms with Gasteiger partial charge in [0.1, 0.15) is 0 Å². The first-order valence-corrected chi connectivity index (χ1v) is 6.54. The molecule has 5 heteroatoms. The van der Waals surface area contributed by atoms with Crippen LogP contribution in [0.1, 0.15) is 18.3 Å². The number of carbonyl (C=O) groups excluding carboxylic acids is 1. The van der Waals surface area contributed by atoms with Gasteiger partial charge >= 0.3 is 0 Å². The van der Waals surface area contributed by atoms with E-state index >= 15 is 0 Å². The number of nitrogens with zero attached hydrogens (tertiary/aromatic N) is 3. The molecular weight excluding hydrogens is 252 g/mol. The SMILES string of the molecule is CCN(c1ccc(NC=O)cc1)c1nc(C)cc(C)n1. The molecule has 0 radical (unpaired) electrons. The zero-order valence-electron chi connectivity index (χ0n) is 11.9. The molecular formula is C15H18N4O. The molecule has 1 amide bonds. The second-order valence-electron chi connectivity index (χ2n) is 4.50. The lowest BCUT2D eigenvalue weighted by molar-refractivity contribution is -0.105. The first-order valence-electron chi connectivity index (χ1n) is 6.54. The van der Waals surface area contributed by atoms with Gasteiger partial charge in [0.15, 0.2) is 0 Å². The zero-order valence-corrected chi connectivity index (χ0v) is 11.9. The molecule has 1 aromatic heterocycles. The summed E-state index contributed by atoms with van der Waals surface area (Å²) in [5, 5.41) is 2.62. The minimum atomic E-state index is 0.666. The Labute approximate surface area is 118 Å². The van der Waals surface area contributed by atoms with Gasteiger partial charge in [0.2, 0.25) is 12.4 Å². The van der Waals surface area contributed by atoms with Crippen molar-refractivity contribution in [3.8, 4) is 0 Å². The molecule has 0 aliphatic rings. The van der Waals surface area contributed by atoms with Crippen LogP contribution in [-0.4, -0.2) is 22.9 Å². The average molecular weight is 270 g/mol. The van der Waals surface area contributed by atoms with Crippen LogP contribution < -0.4 is 10.2 Å². The van der Waals surface area contributed by atoms with Crippen LogP contribution >= 0.6 is 0 Å². The highest BCUT2D eigenvalue weighted by Crippen LogP contribution is 2.23. The minimum Gasteiger partial charge on any atom is -0.329 e. The van der Waals surface area contributed by atoms with Crippen LogP contribution in [0.25, 0.3) is 0 Å². The highest BCUT2D eigenvalue weighted by Gasteiger charge is 2.11. The van der Waals surface area contributed by atoms with Crippen LogP contribution in [0, 0.1) is 13.8 Å². The van der Waals surface area contributed by atoms with Crippen LogP contribution in [0.4, 0.5) is 17.3 Å². The molecule has 2 aromatic rings. The number of anilines is 3. The smallest absolute Gasteiger partial charge is 0.230 e. The fraction of sp³-hybridized carbons (Fsp3) is 0.267. The molecule has 1 heterocycles. The lowest BCUT2D eigenvalue weighted by Crippen LogP contribution is -2.19. The molecule has 0 unspecified atom stereocenters. The van der Waals surface area contributed by atoms with Gasteiger partial charge < -0.3 is 10.2 Å². The van der Waals surface area contributed by atoms with Gasteiger partial charge in [-0.1, -0.05) is 0 Å². The first-order chi connectivity index (χ1) is 9.63. The third kappa shape index (κ3) is 3.12. The van der Waals surface area contributed by atoms with E-state index in [0.29, 0.717) is 12.4 Å². The Morgan fingerprint density at radius 2 is 1.75 bits per heavy atom. The van der Waals surface area contributed by atoms with E-state index < -0.39 is 0 Å². The molecule has 0 fully saturated rings. The van der Waals surface area contributed by atoms with Crippen molar-refractivity contribution in [2.75, 3.05) is 16.8 Å². The third-order valence-electron chi connectivity index (χ3n) is 2.93. The van der Waals surface area contributed by atoms with Crippen molar-refractivity contribution in [1.29, 1.82) is 0 Å². The largest absolute Gasteiger partial charge is 0.329 e. The van der Waals surface area contributed by atoms with Crippen molar-refractivity contribution in [2.24, 2.45) is 0 Å². The quantitative estimate of drug-likeness (QED) is 0.849. The van der Waals surface area contributed by atoms with Crippen LogP contribution in [0.3, 0.4) is 0 Å². The Kier molecular flexibility index (Phi) is 4.30. The molecule has 0 saturated carbocycles. The van der Waals surface area contributed by atoms with Gasteiger partial charge in [0, 0.05) is 29.3 Å². The number of hydrogen-bond acceptors (Lipinski definition) is 4. The maximum Gasteiger partial charge on any atom is 0.230 e. The summed E-state index contributed by atoms with van der Waals surface area (Å²) in [4.78, 5) is 21.4. The number of nitrogens with one attached hydrogen (secondary N) is 1. The van der Waals surface area contributed by atoms with Crippen molar-refractivity contribution >= 4 is 23.7 Å². The van der Waals surface area contributed by atoms with E-state index in [4.69, 9.17) is 0 Å². The molecule has 1 aromatic carbocycles. The van der Waals surface area contributed by atoms with Gasteiger partial charge in [-0.2, -0.15) is 0 Å². The molecule has 0 spiro atoms. The van der Waals surface area contributed by atoms with E-state index in [-0.39, 0.29) is 0 Å². The van der Waals surface area contributed by atoms with E-state index in [1.54, 1.807) is 0 Å². The maximum absolute atomic E-state index is 10.4. The van der Waals surface area contributed by atoms with E-state index in [1.807, 2.05) is 49.1 Å². The molecule has 0 bridgehead atoms. The molecule has 104 valence electrons. The molecule has 2 rings (SSSR count). The highest BCUT2D eigenvalue weighted by molar-refractivity contribution is 5.72. The van der Waals surface area contributed by atoms with Crippen molar-refractivity contribution in [2.45, 2.75) is 20.8 Å². The molecule has 0 aliphatic carbocycles. The molecule has 20 heavy (non-hydrogen) atoms. The number of hydrogen-bond donors (Lipinski definition) is 1. The van der Waals surface area contributed by atoms with E-state index in [2.05, 4.69) is 22.2 Å². The Morgan fingerprint density at radius 3 is 2.25 bits per heavy atom. The fourth-order valence-electron chi connectivity index (χ4n) is 2.07. The zero-order chi connectivity index (χ0) is 14.5. The van der Waals surface area contributed by atoms with E-state index in [1.165, 1.54) is 0 Å². The number of aryl methyl sites for hydroxylation is 2. The second-order valence-corrected chi connectivity index (χ2v) is 4.50. The van der Waals surface area contributed by atoms with E-state index in [0.717, 1.165) is 29.3 Å². The minimum absolute atomic E-state index is 0.666. The standard InChI is InChI=1S/C15H18N4O/c1-4-19(15-17-11(2)9-12(3)18-15)14-7-5-13(6-8-14)16-10-20/h5-10H,4H2,1-3H3,(H,16,20). The van der Waals surface area contributed by atoms with Crippen molar-refractivity contribution in [3.05, 3.63) is 41.7 Å². The Bertz CT molecular complexity index is 575. The number of carbonyl (C=O) groups is 1. The average Bonchev–Trinajstić information content (AvgIpc) is 2.41. The predicted octanol–water partition coefficient (Wildman–Crippen LogP) is 2.82. The second kappa shape index (κ2) is 6.14. The molecule has 1 N–H and O–H groups in total. The summed E-state index contributed by atoms with van der Waals surface area (Å²) in [6, 6.07) is 9.55. The first kappa shape index (κ1) is 14.0. The summed E-state index contributed by atoms with van der Waals surface area (Å²) in [7, 11) is 0. The van der Waals surface area contributed by atoms with E-state index in [9.17, 15) is 4.79 Å². The van der Waals surface area contributed by atoms with Gasteiger partial charge in [-0.15, -0.1) is 0 Å². The van der Waals surface area contributed by atoms with Crippen LogP contribution in [-0.2, 0) is 4.79 Å². The number of rotatable bonds is 5. The lowest BCUT2D eigenvalue weighted by atomic mass is 10.2. The topological polar surface area (TPSA) is 58.1 Å². The van der Waals surface area contributed by atoms with Gasteiger partial charge in [-0.05, 0) is 51.1 Å². The highest BCUT2D eigenvalue weighted by atomic mass is 16.1. The van der Waals surface area contributed by atoms with Gasteiger partial charge in [0.25, 0.3) is 0 Å². The third-order valence-corrected chi connectivity index (χ3v) is 2.93. The van der Waals surface area contributed by atoms with Crippen LogP contribution in [0.5, 0.6) is 0 Å². The Hall–Kier alpha value is -2.43. The summed E-state index contributed by atoms with van der Waals surface area (Å²) in [6.45, 7) is 6.74. The van der Waals surface area contributed by atoms with Crippen LogP contribution in [0.2, 0.25) is 0 Å². The number of amides is 1. The Balaban J connectivity index is 2.33. The van der Waals surface area contributed by atoms with Crippen molar-refractivity contribution < 1.29 is 4.79 Å². The number of benzene rings is 1. The summed E-state index contributed by atoms with van der Waals surface area (Å²) in [5.41, 5.74) is 3.66. The fourth-order valence-corrected chi connectivity index (χ4v) is 2.07. The van der Waals surface area contributed by atoms with Gasteiger partial charge in [-0.3, -0.25) is 4.79 Å². The van der Waals surface area contributed by atoms with Gasteiger partial charge in [-0.25, -0.2) is 9.97 Å². The maximum atomic E-state index is 10.4. The summed E-state index contributed by atoms with van der Waals surface area (Å²) >= 11 is 0. The normalized spacial score (nSPS) is 10.2. The molecule has 0 aliphatic heterocycles. The number of aromatic nitrogens is 2. The Morgan fingerprint density at radius 1 is 1.15 bits per heavy atom. The molecule has 0 saturated heterocycles. The summed E-state index contributed by atoms with van der Waals surface area (Å²) in [6.07, 6.45) is 0.666. The molecule has 5 nitrogen and oxygen atoms in total. The van der Waals surface area contributed by atoms with Crippen molar-refractivity contribution in [3.63, 3.8) is 0 Å². The summed E-state index contributed by atoms with van der Waals surface area (Å²) < 4.78 is 0. The molecule has 0 atom stereocenters. The van der Waals surface area contributed by atoms with Crippen LogP contribution in [0.15, 0.2) is 30.3 Å². The van der Waals surface area contributed by atoms with Gasteiger partial charge in [0.05, 0.1) is 0 Å². The predicted molar refractivity (Wildman–Crippen MR) is 80.3 cm³/mol. The lowest BCUT2D eigenvalue weighted by Gasteiger charge is -2.21. The summed E-state index contributed by atoms with van der Waals surface area (Å²) in [5.74, 6) is 0.695.